The summed E-state index contributed by atoms with van der Waals surface area (Å²) in [5.41, 5.74) is 0.804. The van der Waals surface area contributed by atoms with E-state index in [1.54, 1.807) is 0 Å². The summed E-state index contributed by atoms with van der Waals surface area (Å²) in [7, 11) is 0. The van der Waals surface area contributed by atoms with Crippen LogP contribution in [0.25, 0.3) is 0 Å². The number of nitriles is 1. The molecule has 1 aliphatic rings. The average Bonchev–Trinajstić information content (AvgIpc) is 2.42. The van der Waals surface area contributed by atoms with Crippen LogP contribution in [0.4, 0.5) is 0 Å². The molecule has 94 valence electrons. The molecule has 0 heterocycles. The van der Waals surface area contributed by atoms with Crippen LogP contribution in [-0.4, -0.2) is 5.78 Å². The summed E-state index contributed by atoms with van der Waals surface area (Å²) in [6, 6.07) is 11.8. The van der Waals surface area contributed by atoms with Crippen LogP contribution in [-0.2, 0) is 0 Å². The van der Waals surface area contributed by atoms with Crippen molar-refractivity contribution in [2.75, 3.05) is 0 Å². The number of Topliss-reactive ketones (excluding diaryl/α,β-unsaturated/α-hetero) is 1. The summed E-state index contributed by atoms with van der Waals surface area (Å²) < 4.78 is 0. The van der Waals surface area contributed by atoms with Crippen molar-refractivity contribution in [2.45, 2.75) is 38.5 Å². The normalized spacial score (nSPS) is 23.3. The zero-order valence-corrected chi connectivity index (χ0v) is 10.6. The van der Waals surface area contributed by atoms with Gasteiger partial charge in [-0.15, -0.1) is 0 Å². The van der Waals surface area contributed by atoms with E-state index in [0.717, 1.165) is 18.4 Å². The van der Waals surface area contributed by atoms with E-state index in [2.05, 4.69) is 6.07 Å². The molecule has 1 aliphatic carbocycles. The fourth-order valence-corrected chi connectivity index (χ4v) is 2.92. The Balaban J connectivity index is 1.99. The second-order valence-electron chi connectivity index (χ2n) is 5.16. The minimum absolute atomic E-state index is 0.227. The first-order valence-electron chi connectivity index (χ1n) is 6.76. The van der Waals surface area contributed by atoms with E-state index in [4.69, 9.17) is 5.26 Å². The summed E-state index contributed by atoms with van der Waals surface area (Å²) in [5.74, 6) is 1.06. The monoisotopic (exact) mass is 241 g/mol. The second-order valence-corrected chi connectivity index (χ2v) is 5.16. The number of carbonyl (C=O) groups excluding carboxylic acids is 1. The molecule has 0 N–H and O–H groups in total. The minimum atomic E-state index is 0.227. The Kier molecular flexibility index (Phi) is 4.52. The molecule has 2 rings (SSSR count). The van der Waals surface area contributed by atoms with Gasteiger partial charge in [0, 0.05) is 18.4 Å². The minimum Gasteiger partial charge on any atom is -0.294 e. The molecule has 2 unspecified atom stereocenters. The average molecular weight is 241 g/mol. The van der Waals surface area contributed by atoms with Crippen molar-refractivity contribution in [3.8, 4) is 6.07 Å². The van der Waals surface area contributed by atoms with Gasteiger partial charge < -0.3 is 0 Å². The molecule has 1 fully saturated rings. The lowest BCUT2D eigenvalue weighted by Gasteiger charge is -2.29. The maximum Gasteiger partial charge on any atom is 0.163 e. The van der Waals surface area contributed by atoms with Gasteiger partial charge in [0.15, 0.2) is 5.78 Å². The number of rotatable bonds is 4. The van der Waals surface area contributed by atoms with Gasteiger partial charge in [-0.2, -0.15) is 5.26 Å². The van der Waals surface area contributed by atoms with Gasteiger partial charge in [0.2, 0.25) is 0 Å². The van der Waals surface area contributed by atoms with Crippen LogP contribution in [0.3, 0.4) is 0 Å². The molecule has 0 radical (unpaired) electrons. The predicted molar refractivity (Wildman–Crippen MR) is 71.1 cm³/mol. The number of hydrogen-bond donors (Lipinski definition) is 0. The first-order chi connectivity index (χ1) is 8.81. The van der Waals surface area contributed by atoms with Gasteiger partial charge in [-0.1, -0.05) is 43.2 Å². The number of hydrogen-bond acceptors (Lipinski definition) is 2. The zero-order chi connectivity index (χ0) is 12.8. The summed E-state index contributed by atoms with van der Waals surface area (Å²) in [6.45, 7) is 0. The van der Waals surface area contributed by atoms with Crippen LogP contribution in [0.5, 0.6) is 0 Å². The fourth-order valence-electron chi connectivity index (χ4n) is 2.92. The van der Waals surface area contributed by atoms with Crippen molar-refractivity contribution >= 4 is 5.78 Å². The van der Waals surface area contributed by atoms with E-state index in [1.165, 1.54) is 12.8 Å². The Bertz CT molecular complexity index is 432. The Morgan fingerprint density at radius 2 is 1.83 bits per heavy atom. The Hall–Kier alpha value is -1.62. The molecule has 0 bridgehead atoms. The number of nitrogens with zero attached hydrogens (tertiary/aromatic N) is 1. The molecule has 1 saturated carbocycles. The van der Waals surface area contributed by atoms with Crippen LogP contribution < -0.4 is 0 Å². The van der Waals surface area contributed by atoms with Gasteiger partial charge in [0.05, 0.1) is 6.07 Å². The molecule has 2 nitrogen and oxygen atoms in total. The SMILES string of the molecule is N#CCC1CCCCC1CC(=O)c1ccccc1. The Morgan fingerprint density at radius 1 is 1.17 bits per heavy atom. The molecule has 0 spiro atoms. The van der Waals surface area contributed by atoms with Crippen LogP contribution >= 0.6 is 0 Å². The molecule has 0 aliphatic heterocycles. The van der Waals surface area contributed by atoms with Crippen LogP contribution in [0.2, 0.25) is 0 Å². The van der Waals surface area contributed by atoms with Gasteiger partial charge in [0.1, 0.15) is 0 Å². The standard InChI is InChI=1S/C16H19NO/c17-11-10-13-6-4-5-9-15(13)12-16(18)14-7-2-1-3-8-14/h1-3,7-8,13,15H,4-6,9-10,12H2. The van der Waals surface area contributed by atoms with E-state index >= 15 is 0 Å². The number of carbonyl (C=O) groups is 1. The van der Waals surface area contributed by atoms with E-state index in [9.17, 15) is 4.79 Å². The smallest absolute Gasteiger partial charge is 0.163 e. The lowest BCUT2D eigenvalue weighted by atomic mass is 9.75. The van der Waals surface area contributed by atoms with Crippen LogP contribution in [0.1, 0.15) is 48.9 Å². The third kappa shape index (κ3) is 3.20. The summed E-state index contributed by atoms with van der Waals surface area (Å²) >= 11 is 0. The van der Waals surface area contributed by atoms with Crippen molar-refractivity contribution in [1.82, 2.24) is 0 Å². The van der Waals surface area contributed by atoms with Crippen molar-refractivity contribution in [3.05, 3.63) is 35.9 Å². The fraction of sp³-hybridized carbons (Fsp3) is 0.500. The maximum atomic E-state index is 12.2. The first kappa shape index (κ1) is 12.8. The molecule has 2 heteroatoms. The number of ketones is 1. The largest absolute Gasteiger partial charge is 0.294 e. The highest BCUT2D eigenvalue weighted by atomic mass is 16.1. The Labute approximate surface area is 109 Å². The molecular formula is C16H19NO. The van der Waals surface area contributed by atoms with E-state index in [1.807, 2.05) is 30.3 Å². The van der Waals surface area contributed by atoms with E-state index in [-0.39, 0.29) is 5.78 Å². The topological polar surface area (TPSA) is 40.9 Å². The lowest BCUT2D eigenvalue weighted by Crippen LogP contribution is -2.22. The van der Waals surface area contributed by atoms with Crippen molar-refractivity contribution in [1.29, 1.82) is 5.26 Å². The van der Waals surface area contributed by atoms with Gasteiger partial charge >= 0.3 is 0 Å². The van der Waals surface area contributed by atoms with E-state index in [0.29, 0.717) is 24.7 Å². The summed E-state index contributed by atoms with van der Waals surface area (Å²) in [6.07, 6.45) is 5.84. The quantitative estimate of drug-likeness (QED) is 0.748. The van der Waals surface area contributed by atoms with E-state index < -0.39 is 0 Å². The second kappa shape index (κ2) is 6.35. The summed E-state index contributed by atoms with van der Waals surface area (Å²) in [4.78, 5) is 12.2. The highest BCUT2D eigenvalue weighted by Gasteiger charge is 2.27. The molecule has 0 amide bonds. The lowest BCUT2D eigenvalue weighted by molar-refractivity contribution is 0.0922. The molecular weight excluding hydrogens is 222 g/mol. The Morgan fingerprint density at radius 3 is 2.50 bits per heavy atom. The molecule has 1 aromatic carbocycles. The number of benzene rings is 1. The molecule has 2 atom stereocenters. The van der Waals surface area contributed by atoms with Gasteiger partial charge in [-0.05, 0) is 24.7 Å². The summed E-state index contributed by atoms with van der Waals surface area (Å²) in [5, 5.41) is 8.85. The van der Waals surface area contributed by atoms with Gasteiger partial charge in [-0.3, -0.25) is 4.79 Å². The highest BCUT2D eigenvalue weighted by Crippen LogP contribution is 2.35. The van der Waals surface area contributed by atoms with Crippen molar-refractivity contribution in [2.24, 2.45) is 11.8 Å². The maximum absolute atomic E-state index is 12.2. The molecule has 0 aromatic heterocycles. The van der Waals surface area contributed by atoms with Crippen molar-refractivity contribution < 1.29 is 4.79 Å². The third-order valence-electron chi connectivity index (χ3n) is 3.96. The van der Waals surface area contributed by atoms with Crippen LogP contribution in [0, 0.1) is 23.2 Å². The molecule has 1 aromatic rings. The van der Waals surface area contributed by atoms with Gasteiger partial charge in [-0.25, -0.2) is 0 Å². The molecule has 18 heavy (non-hydrogen) atoms. The highest BCUT2D eigenvalue weighted by molar-refractivity contribution is 5.96. The molecule has 0 saturated heterocycles. The third-order valence-corrected chi connectivity index (χ3v) is 3.96. The van der Waals surface area contributed by atoms with Crippen LogP contribution in [0.15, 0.2) is 30.3 Å². The zero-order valence-electron chi connectivity index (χ0n) is 10.6. The van der Waals surface area contributed by atoms with Crippen molar-refractivity contribution in [3.63, 3.8) is 0 Å². The first-order valence-corrected chi connectivity index (χ1v) is 6.76. The van der Waals surface area contributed by atoms with Gasteiger partial charge in [0.25, 0.3) is 0 Å². The predicted octanol–water partition coefficient (Wildman–Crippen LogP) is 3.98.